The van der Waals surface area contributed by atoms with E-state index in [1.807, 2.05) is 0 Å². The van der Waals surface area contributed by atoms with Crippen LogP contribution in [-0.2, 0) is 4.79 Å². The first kappa shape index (κ1) is 7.72. The first-order valence-electron chi connectivity index (χ1n) is 2.29. The molecule has 0 aliphatic heterocycles. The van der Waals surface area contributed by atoms with E-state index in [9.17, 15) is 9.90 Å². The zero-order valence-electron chi connectivity index (χ0n) is 4.48. The minimum atomic E-state index is -1.16. The van der Waals surface area contributed by atoms with Crippen LogP contribution in [0.15, 0.2) is 0 Å². The summed E-state index contributed by atoms with van der Waals surface area (Å²) < 4.78 is 0. The van der Waals surface area contributed by atoms with E-state index in [-0.39, 0.29) is 0 Å². The van der Waals surface area contributed by atoms with Crippen LogP contribution in [0.4, 0.5) is 0 Å². The smallest absolute Gasteiger partial charge is 0.0613 e. The molecule has 0 aromatic carbocycles. The van der Waals surface area contributed by atoms with Gasteiger partial charge in [0.05, 0.1) is 12.0 Å². The van der Waals surface area contributed by atoms with E-state index in [2.05, 4.69) is 4.84 Å². The van der Waals surface area contributed by atoms with Crippen molar-refractivity contribution in [3.05, 3.63) is 0 Å². The molecule has 48 valence electrons. The van der Waals surface area contributed by atoms with Crippen LogP contribution in [0.1, 0.15) is 13.3 Å². The topological polar surface area (TPSA) is 52.2 Å². The molecule has 4 heteroatoms. The first-order chi connectivity index (χ1) is 3.72. The van der Waals surface area contributed by atoms with Crippen molar-refractivity contribution in [3.63, 3.8) is 0 Å². The number of carbonyl (C=O) groups is 1. The molecular weight excluding hydrogens is 130 g/mol. The van der Waals surface area contributed by atoms with Crippen LogP contribution >= 0.6 is 11.8 Å². The van der Waals surface area contributed by atoms with Crippen molar-refractivity contribution in [2.45, 2.75) is 19.4 Å². The lowest BCUT2D eigenvalue weighted by atomic mass is 10.2. The predicted octanol–water partition coefficient (Wildman–Crippen LogP) is -0.742. The molecule has 0 saturated carbocycles. The average Bonchev–Trinajstić information content (AvgIpc) is 1.69. The first-order valence-corrected chi connectivity index (χ1v) is 2.67. The van der Waals surface area contributed by atoms with Crippen LogP contribution in [0.2, 0.25) is 0 Å². The largest absolute Gasteiger partial charge is 0.548 e. The van der Waals surface area contributed by atoms with Gasteiger partial charge in [0.25, 0.3) is 0 Å². The minimum Gasteiger partial charge on any atom is -0.548 e. The van der Waals surface area contributed by atoms with Gasteiger partial charge in [-0.05, 0) is 18.2 Å². The Morgan fingerprint density at radius 3 is 2.50 bits per heavy atom. The van der Waals surface area contributed by atoms with Gasteiger partial charge in [0, 0.05) is 0 Å². The highest BCUT2D eigenvalue weighted by molar-refractivity contribution is 6.14. The third kappa shape index (κ3) is 2.14. The zero-order chi connectivity index (χ0) is 6.57. The van der Waals surface area contributed by atoms with Crippen LogP contribution in [0.3, 0.4) is 0 Å². The number of carboxylic acids is 1. The Hall–Kier alpha value is -0.280. The van der Waals surface area contributed by atoms with Crippen LogP contribution in [0, 0.1) is 0 Å². The van der Waals surface area contributed by atoms with Gasteiger partial charge in [-0.3, -0.25) is 0 Å². The summed E-state index contributed by atoms with van der Waals surface area (Å²) >= 11 is 4.99. The molecule has 0 aromatic rings. The van der Waals surface area contributed by atoms with Gasteiger partial charge in [0.1, 0.15) is 0 Å². The molecule has 0 radical (unpaired) electrons. The third-order valence-corrected chi connectivity index (χ3v) is 1.09. The van der Waals surface area contributed by atoms with Crippen molar-refractivity contribution in [3.8, 4) is 0 Å². The Balaban J connectivity index is 3.52. The number of carboxylic acid groups (broad SMARTS) is 1. The summed E-state index contributed by atoms with van der Waals surface area (Å²) in [6.45, 7) is 1.70. The highest BCUT2D eigenvalue weighted by atomic mass is 35.5. The molecule has 1 unspecified atom stereocenters. The Morgan fingerprint density at radius 2 is 2.50 bits per heavy atom. The molecule has 0 bridgehead atoms. The fourth-order valence-corrected chi connectivity index (χ4v) is 0.532. The number of rotatable bonds is 3. The molecule has 0 spiro atoms. The molecule has 8 heavy (non-hydrogen) atoms. The van der Waals surface area contributed by atoms with E-state index in [4.69, 9.17) is 11.8 Å². The molecule has 0 rings (SSSR count). The Bertz CT molecular complexity index is 82.1. The van der Waals surface area contributed by atoms with Gasteiger partial charge in [-0.25, -0.2) is 4.84 Å². The predicted molar refractivity (Wildman–Crippen MR) is 28.1 cm³/mol. The molecule has 1 N–H and O–H groups in total. The van der Waals surface area contributed by atoms with Gasteiger partial charge in [0.2, 0.25) is 0 Å². The van der Waals surface area contributed by atoms with E-state index < -0.39 is 12.0 Å². The molecule has 0 amide bonds. The second kappa shape index (κ2) is 3.69. The number of hydrogen-bond donors (Lipinski definition) is 1. The molecule has 0 aliphatic rings. The van der Waals surface area contributed by atoms with E-state index in [1.165, 1.54) is 0 Å². The number of carbonyl (C=O) groups excluding carboxylic acids is 1. The van der Waals surface area contributed by atoms with Gasteiger partial charge < -0.3 is 9.90 Å². The van der Waals surface area contributed by atoms with Gasteiger partial charge in [-0.15, -0.1) is 0 Å². The summed E-state index contributed by atoms with van der Waals surface area (Å²) in [4.78, 5) is 12.0. The van der Waals surface area contributed by atoms with E-state index in [1.54, 1.807) is 6.92 Å². The Labute approximate surface area is 52.8 Å². The van der Waals surface area contributed by atoms with E-state index >= 15 is 0 Å². The Kier molecular flexibility index (Phi) is 3.56. The summed E-state index contributed by atoms with van der Waals surface area (Å²) in [5.41, 5.74) is 0. The second-order valence-corrected chi connectivity index (χ2v) is 1.61. The maximum atomic E-state index is 9.90. The standard InChI is InChI=1S/C4H8ClNO2/c1-2-3(6-5)4(7)8/h3,6H,2H2,1H3,(H,7,8)/p-1. The lowest BCUT2D eigenvalue weighted by Crippen LogP contribution is -2.41. The van der Waals surface area contributed by atoms with Gasteiger partial charge in [-0.2, -0.15) is 0 Å². The van der Waals surface area contributed by atoms with Crippen molar-refractivity contribution in [1.29, 1.82) is 0 Å². The maximum absolute atomic E-state index is 9.90. The van der Waals surface area contributed by atoms with E-state index in [0.29, 0.717) is 6.42 Å². The number of halogens is 1. The fourth-order valence-electron chi connectivity index (χ4n) is 0.288. The lowest BCUT2D eigenvalue weighted by molar-refractivity contribution is -0.308. The van der Waals surface area contributed by atoms with Crippen molar-refractivity contribution < 1.29 is 9.90 Å². The number of aliphatic carboxylic acids is 1. The molecular formula is C4H7ClNO2-. The van der Waals surface area contributed by atoms with Crippen LogP contribution in [0.5, 0.6) is 0 Å². The summed E-state index contributed by atoms with van der Waals surface area (Å²) in [6.07, 6.45) is 0.436. The molecule has 1 atom stereocenters. The van der Waals surface area contributed by atoms with Crippen LogP contribution < -0.4 is 9.94 Å². The summed E-state index contributed by atoms with van der Waals surface area (Å²) in [5, 5.41) is 9.90. The molecule has 0 heterocycles. The maximum Gasteiger partial charge on any atom is 0.0613 e. The normalized spacial score (nSPS) is 13.2. The van der Waals surface area contributed by atoms with Gasteiger partial charge >= 0.3 is 0 Å². The van der Waals surface area contributed by atoms with Gasteiger partial charge in [0.15, 0.2) is 0 Å². The molecule has 0 fully saturated rings. The van der Waals surface area contributed by atoms with Crippen molar-refractivity contribution >= 4 is 17.7 Å². The second-order valence-electron chi connectivity index (χ2n) is 1.39. The highest BCUT2D eigenvalue weighted by Crippen LogP contribution is 1.87. The third-order valence-electron chi connectivity index (χ3n) is 0.824. The quantitative estimate of drug-likeness (QED) is 0.520. The highest BCUT2D eigenvalue weighted by Gasteiger charge is 2.01. The molecule has 0 saturated heterocycles. The molecule has 0 aliphatic carbocycles. The molecule has 0 aromatic heterocycles. The summed E-state index contributed by atoms with van der Waals surface area (Å²) in [7, 11) is 0. The van der Waals surface area contributed by atoms with Crippen LogP contribution in [-0.4, -0.2) is 12.0 Å². The van der Waals surface area contributed by atoms with Crippen LogP contribution in [0.25, 0.3) is 0 Å². The van der Waals surface area contributed by atoms with Crippen molar-refractivity contribution in [1.82, 2.24) is 4.84 Å². The minimum absolute atomic E-state index is 0.436. The van der Waals surface area contributed by atoms with E-state index in [0.717, 1.165) is 0 Å². The SMILES string of the molecule is CCC(NCl)C(=O)[O-]. The lowest BCUT2D eigenvalue weighted by Gasteiger charge is -2.11. The average molecular weight is 137 g/mol. The Morgan fingerprint density at radius 1 is 2.00 bits per heavy atom. The van der Waals surface area contributed by atoms with Gasteiger partial charge in [-0.1, -0.05) is 6.92 Å². The number of nitrogens with one attached hydrogen (secondary N) is 1. The zero-order valence-corrected chi connectivity index (χ0v) is 5.23. The number of hydrogen-bond acceptors (Lipinski definition) is 3. The van der Waals surface area contributed by atoms with Crippen molar-refractivity contribution in [2.75, 3.05) is 0 Å². The van der Waals surface area contributed by atoms with Crippen molar-refractivity contribution in [2.24, 2.45) is 0 Å². The summed E-state index contributed by atoms with van der Waals surface area (Å²) in [6, 6.07) is -0.725. The summed E-state index contributed by atoms with van der Waals surface area (Å²) in [5.74, 6) is -1.16. The monoisotopic (exact) mass is 136 g/mol. The fraction of sp³-hybridized carbons (Fsp3) is 0.750. The molecule has 3 nitrogen and oxygen atoms in total.